The van der Waals surface area contributed by atoms with Gasteiger partial charge in [-0.25, -0.2) is 14.4 Å². The Morgan fingerprint density at radius 3 is 3.00 bits per heavy atom. The van der Waals surface area contributed by atoms with Crippen LogP contribution >= 0.6 is 27.3 Å². The molecular weight excluding hydrogens is 469 g/mol. The Balaban J connectivity index is 1.59. The van der Waals surface area contributed by atoms with E-state index in [1.165, 1.54) is 18.0 Å². The molecule has 0 atom stereocenters. The van der Waals surface area contributed by atoms with Gasteiger partial charge < -0.3 is 15.1 Å². The highest BCUT2D eigenvalue weighted by atomic mass is 79.9. The van der Waals surface area contributed by atoms with Gasteiger partial charge in [0.05, 0.1) is 16.4 Å². The highest BCUT2D eigenvalue weighted by molar-refractivity contribution is 9.10. The molecule has 1 aliphatic heterocycles. The lowest BCUT2D eigenvalue weighted by Crippen LogP contribution is -2.34. The van der Waals surface area contributed by atoms with Gasteiger partial charge in [-0.2, -0.15) is 0 Å². The molecule has 0 radical (unpaired) electrons. The van der Waals surface area contributed by atoms with E-state index in [4.69, 9.17) is 0 Å². The molecule has 0 unspecified atom stereocenters. The Morgan fingerprint density at radius 2 is 2.23 bits per heavy atom. The third kappa shape index (κ3) is 4.38. The number of carbonyl (C=O) groups excluding carboxylic acids is 1. The second-order valence-corrected chi connectivity index (χ2v) is 9.27. The lowest BCUT2D eigenvalue weighted by Gasteiger charge is -2.26. The van der Waals surface area contributed by atoms with Crippen LogP contribution in [0.1, 0.15) is 10.4 Å². The SMILES string of the molecule is CN(C)CC=CC(=O)N1CCc2c(sc3ncnc(Nc4ccc(F)c(Br)c4)c23)C1. The monoisotopic (exact) mass is 489 g/mol. The van der Waals surface area contributed by atoms with Crippen molar-refractivity contribution in [2.75, 3.05) is 32.5 Å². The number of nitrogens with one attached hydrogen (secondary N) is 1. The van der Waals surface area contributed by atoms with Crippen LogP contribution in [0.15, 0.2) is 41.2 Å². The van der Waals surface area contributed by atoms with Gasteiger partial charge in [-0.3, -0.25) is 4.79 Å². The second kappa shape index (κ2) is 8.79. The molecule has 3 aromatic rings. The van der Waals surface area contributed by atoms with Crippen LogP contribution in [0.3, 0.4) is 0 Å². The van der Waals surface area contributed by atoms with Crippen LogP contribution in [-0.2, 0) is 17.8 Å². The predicted molar refractivity (Wildman–Crippen MR) is 122 cm³/mol. The summed E-state index contributed by atoms with van der Waals surface area (Å²) in [5.41, 5.74) is 1.92. The number of likely N-dealkylation sites (N-methyl/N-ethyl adjacent to an activating group) is 1. The zero-order valence-electron chi connectivity index (χ0n) is 16.7. The number of fused-ring (bicyclic) bond motifs is 3. The molecule has 1 N–H and O–H groups in total. The fourth-order valence-corrected chi connectivity index (χ4v) is 4.97. The normalized spacial score (nSPS) is 14.0. The van der Waals surface area contributed by atoms with Crippen molar-refractivity contribution < 1.29 is 9.18 Å². The molecule has 30 heavy (non-hydrogen) atoms. The third-order valence-electron chi connectivity index (χ3n) is 4.86. The molecule has 0 aliphatic carbocycles. The summed E-state index contributed by atoms with van der Waals surface area (Å²) in [6, 6.07) is 4.76. The third-order valence-corrected chi connectivity index (χ3v) is 6.59. The first-order chi connectivity index (χ1) is 14.4. The number of rotatable bonds is 5. The molecule has 156 valence electrons. The smallest absolute Gasteiger partial charge is 0.246 e. The first-order valence-corrected chi connectivity index (χ1v) is 11.1. The van der Waals surface area contributed by atoms with Crippen LogP contribution in [0.5, 0.6) is 0 Å². The van der Waals surface area contributed by atoms with Gasteiger partial charge in [0.25, 0.3) is 0 Å². The first kappa shape index (κ1) is 20.9. The molecule has 1 aromatic carbocycles. The van der Waals surface area contributed by atoms with E-state index in [2.05, 4.69) is 31.2 Å². The van der Waals surface area contributed by atoms with Crippen molar-refractivity contribution in [2.24, 2.45) is 0 Å². The highest BCUT2D eigenvalue weighted by Crippen LogP contribution is 2.38. The molecule has 3 heterocycles. The van der Waals surface area contributed by atoms with Crippen molar-refractivity contribution in [3.8, 4) is 0 Å². The molecule has 0 bridgehead atoms. The number of carbonyl (C=O) groups is 1. The van der Waals surface area contributed by atoms with Gasteiger partial charge in [-0.1, -0.05) is 6.08 Å². The summed E-state index contributed by atoms with van der Waals surface area (Å²) in [6.45, 7) is 1.96. The maximum atomic E-state index is 13.5. The number of aromatic nitrogens is 2. The van der Waals surface area contributed by atoms with E-state index in [1.54, 1.807) is 29.5 Å². The number of hydrogen-bond donors (Lipinski definition) is 1. The van der Waals surface area contributed by atoms with Gasteiger partial charge in [-0.05, 0) is 60.2 Å². The summed E-state index contributed by atoms with van der Waals surface area (Å²) in [5, 5.41) is 4.27. The number of halogens is 2. The van der Waals surface area contributed by atoms with Crippen molar-refractivity contribution in [2.45, 2.75) is 13.0 Å². The largest absolute Gasteiger partial charge is 0.340 e. The molecule has 1 amide bonds. The number of benzene rings is 1. The summed E-state index contributed by atoms with van der Waals surface area (Å²) in [6.07, 6.45) is 5.81. The topological polar surface area (TPSA) is 61.4 Å². The maximum Gasteiger partial charge on any atom is 0.246 e. The molecule has 2 aromatic heterocycles. The number of anilines is 2. The van der Waals surface area contributed by atoms with Gasteiger partial charge in [0, 0.05) is 29.7 Å². The fourth-order valence-electron chi connectivity index (χ4n) is 3.39. The summed E-state index contributed by atoms with van der Waals surface area (Å²) in [7, 11) is 3.94. The second-order valence-electron chi connectivity index (χ2n) is 7.33. The van der Waals surface area contributed by atoms with E-state index in [0.717, 1.165) is 33.7 Å². The van der Waals surface area contributed by atoms with Crippen LogP contribution < -0.4 is 5.32 Å². The van der Waals surface area contributed by atoms with E-state index < -0.39 is 0 Å². The minimum absolute atomic E-state index is 0.0283. The van der Waals surface area contributed by atoms with Crippen LogP contribution in [0.4, 0.5) is 15.9 Å². The number of hydrogen-bond acceptors (Lipinski definition) is 6. The molecule has 0 fully saturated rings. The molecule has 1 aliphatic rings. The van der Waals surface area contributed by atoms with E-state index >= 15 is 0 Å². The van der Waals surface area contributed by atoms with E-state index in [-0.39, 0.29) is 11.7 Å². The minimum atomic E-state index is -0.314. The van der Waals surface area contributed by atoms with Crippen LogP contribution in [0.25, 0.3) is 10.2 Å². The van der Waals surface area contributed by atoms with Crippen LogP contribution in [0.2, 0.25) is 0 Å². The Bertz CT molecular complexity index is 1130. The van der Waals surface area contributed by atoms with E-state index in [0.29, 0.717) is 23.4 Å². The maximum absolute atomic E-state index is 13.5. The summed E-state index contributed by atoms with van der Waals surface area (Å²) in [5.74, 6) is 0.410. The molecule has 0 saturated carbocycles. The molecule has 6 nitrogen and oxygen atoms in total. The van der Waals surface area contributed by atoms with Gasteiger partial charge in [0.15, 0.2) is 0 Å². The minimum Gasteiger partial charge on any atom is -0.340 e. The lowest BCUT2D eigenvalue weighted by atomic mass is 10.0. The Hall–Kier alpha value is -2.36. The van der Waals surface area contributed by atoms with E-state index in [9.17, 15) is 9.18 Å². The van der Waals surface area contributed by atoms with Crippen molar-refractivity contribution in [3.05, 3.63) is 57.4 Å². The zero-order chi connectivity index (χ0) is 21.3. The summed E-state index contributed by atoms with van der Waals surface area (Å²) in [4.78, 5) is 27.3. The molecule has 9 heteroatoms. The van der Waals surface area contributed by atoms with E-state index in [1.807, 2.05) is 30.0 Å². The molecule has 0 saturated heterocycles. The van der Waals surface area contributed by atoms with Crippen molar-refractivity contribution in [3.63, 3.8) is 0 Å². The summed E-state index contributed by atoms with van der Waals surface area (Å²) < 4.78 is 13.9. The van der Waals surface area contributed by atoms with Gasteiger partial charge >= 0.3 is 0 Å². The Labute approximate surface area is 186 Å². The van der Waals surface area contributed by atoms with Crippen molar-refractivity contribution in [1.82, 2.24) is 19.8 Å². The molecular formula is C21H21BrFN5OS. The van der Waals surface area contributed by atoms with Crippen molar-refractivity contribution >= 4 is 54.9 Å². The highest BCUT2D eigenvalue weighted by Gasteiger charge is 2.25. The van der Waals surface area contributed by atoms with Crippen LogP contribution in [0, 0.1) is 5.82 Å². The molecule has 4 rings (SSSR count). The van der Waals surface area contributed by atoms with Gasteiger partial charge in [0.1, 0.15) is 22.8 Å². The quantitative estimate of drug-likeness (QED) is 0.540. The number of amides is 1. The van der Waals surface area contributed by atoms with Gasteiger partial charge in [-0.15, -0.1) is 11.3 Å². The standard InChI is InChI=1S/C21H21BrFN5OS/c1-27(2)8-3-4-18(29)28-9-7-14-17(11-28)30-21-19(14)20(24-12-25-21)26-13-5-6-16(23)15(22)10-13/h3-6,10,12H,7-9,11H2,1-2H3,(H,24,25,26). The first-order valence-electron chi connectivity index (χ1n) is 9.50. The average molecular weight is 490 g/mol. The Morgan fingerprint density at radius 1 is 1.40 bits per heavy atom. The summed E-state index contributed by atoms with van der Waals surface area (Å²) >= 11 is 4.81. The average Bonchev–Trinajstić information content (AvgIpc) is 3.09. The fraction of sp³-hybridized carbons (Fsp3) is 0.286. The lowest BCUT2D eigenvalue weighted by molar-refractivity contribution is -0.126. The number of nitrogens with zero attached hydrogens (tertiary/aromatic N) is 4. The van der Waals surface area contributed by atoms with Crippen molar-refractivity contribution in [1.29, 1.82) is 0 Å². The molecule has 0 spiro atoms. The zero-order valence-corrected chi connectivity index (χ0v) is 19.1. The Kier molecular flexibility index (Phi) is 6.12. The predicted octanol–water partition coefficient (Wildman–Crippen LogP) is 4.34. The number of thiophene rings is 1. The van der Waals surface area contributed by atoms with Gasteiger partial charge in [0.2, 0.25) is 5.91 Å². The van der Waals surface area contributed by atoms with Crippen LogP contribution in [-0.4, -0.2) is 52.9 Å².